The van der Waals surface area contributed by atoms with Crippen LogP contribution in [0.1, 0.15) is 37.4 Å². The van der Waals surface area contributed by atoms with Crippen molar-refractivity contribution >= 4 is 5.91 Å². The molecule has 1 aliphatic carbocycles. The van der Waals surface area contributed by atoms with Gasteiger partial charge in [0.2, 0.25) is 5.91 Å². The summed E-state index contributed by atoms with van der Waals surface area (Å²) in [5.41, 5.74) is 2.96. The molecule has 0 spiro atoms. The molecule has 2 atom stereocenters. The molecule has 1 aliphatic heterocycles. The molecule has 0 aromatic heterocycles. The third-order valence-corrected chi connectivity index (χ3v) is 4.59. The van der Waals surface area contributed by atoms with Gasteiger partial charge < -0.3 is 4.90 Å². The van der Waals surface area contributed by atoms with E-state index in [0.29, 0.717) is 0 Å². The SMILES string of the molecule is CN1CCC(NC2c3ccccc3CC2(C)C)C1=O. The predicted molar refractivity (Wildman–Crippen MR) is 75.8 cm³/mol. The minimum Gasteiger partial charge on any atom is -0.344 e. The van der Waals surface area contributed by atoms with Crippen LogP contribution in [0.15, 0.2) is 24.3 Å². The third-order valence-electron chi connectivity index (χ3n) is 4.59. The van der Waals surface area contributed by atoms with E-state index < -0.39 is 0 Å². The van der Waals surface area contributed by atoms with E-state index in [0.717, 1.165) is 19.4 Å². The summed E-state index contributed by atoms with van der Waals surface area (Å²) in [4.78, 5) is 13.9. The summed E-state index contributed by atoms with van der Waals surface area (Å²) < 4.78 is 0. The average molecular weight is 258 g/mol. The summed E-state index contributed by atoms with van der Waals surface area (Å²) in [6.07, 6.45) is 2.00. The number of hydrogen-bond donors (Lipinski definition) is 1. The number of likely N-dealkylation sites (N-methyl/N-ethyl adjacent to an activating group) is 1. The molecule has 3 heteroatoms. The van der Waals surface area contributed by atoms with Gasteiger partial charge in [-0.25, -0.2) is 0 Å². The minimum atomic E-state index is -0.0135. The van der Waals surface area contributed by atoms with Gasteiger partial charge in [-0.05, 0) is 29.4 Å². The first-order chi connectivity index (χ1) is 8.99. The van der Waals surface area contributed by atoms with Crippen LogP contribution in [0.5, 0.6) is 0 Å². The highest BCUT2D eigenvalue weighted by Gasteiger charge is 2.41. The van der Waals surface area contributed by atoms with Crippen LogP contribution in [0.25, 0.3) is 0 Å². The molecule has 1 N–H and O–H groups in total. The highest BCUT2D eigenvalue weighted by molar-refractivity contribution is 5.83. The zero-order chi connectivity index (χ0) is 13.6. The molecule has 1 saturated heterocycles. The molecule has 1 heterocycles. The predicted octanol–water partition coefficient (Wildman–Crippen LogP) is 2.13. The van der Waals surface area contributed by atoms with Crippen molar-refractivity contribution in [2.45, 2.75) is 38.8 Å². The van der Waals surface area contributed by atoms with E-state index in [1.807, 2.05) is 11.9 Å². The molecule has 0 bridgehead atoms. The maximum atomic E-state index is 12.1. The third kappa shape index (κ3) is 2.06. The van der Waals surface area contributed by atoms with E-state index in [1.165, 1.54) is 11.1 Å². The number of rotatable bonds is 2. The average Bonchev–Trinajstić information content (AvgIpc) is 2.81. The molecule has 1 amide bonds. The molecule has 1 fully saturated rings. The van der Waals surface area contributed by atoms with Crippen LogP contribution in [-0.2, 0) is 11.2 Å². The second kappa shape index (κ2) is 4.34. The Labute approximate surface area is 115 Å². The monoisotopic (exact) mass is 258 g/mol. The smallest absolute Gasteiger partial charge is 0.239 e. The van der Waals surface area contributed by atoms with Crippen LogP contribution in [0, 0.1) is 5.41 Å². The lowest BCUT2D eigenvalue weighted by Gasteiger charge is -2.30. The summed E-state index contributed by atoms with van der Waals surface area (Å²) in [6.45, 7) is 5.44. The first kappa shape index (κ1) is 12.7. The lowest BCUT2D eigenvalue weighted by molar-refractivity contribution is -0.128. The number of amides is 1. The van der Waals surface area contributed by atoms with E-state index >= 15 is 0 Å². The highest BCUT2D eigenvalue weighted by Crippen LogP contribution is 2.45. The number of benzene rings is 1. The van der Waals surface area contributed by atoms with E-state index in [9.17, 15) is 4.79 Å². The Kier molecular flexibility index (Phi) is 2.90. The van der Waals surface area contributed by atoms with Crippen molar-refractivity contribution < 1.29 is 4.79 Å². The van der Waals surface area contributed by atoms with Gasteiger partial charge >= 0.3 is 0 Å². The molecule has 0 radical (unpaired) electrons. The number of nitrogens with one attached hydrogen (secondary N) is 1. The zero-order valence-electron chi connectivity index (χ0n) is 11.9. The van der Waals surface area contributed by atoms with Crippen LogP contribution in [-0.4, -0.2) is 30.4 Å². The van der Waals surface area contributed by atoms with Gasteiger partial charge in [-0.1, -0.05) is 38.1 Å². The topological polar surface area (TPSA) is 32.3 Å². The van der Waals surface area contributed by atoms with E-state index in [2.05, 4.69) is 43.4 Å². The van der Waals surface area contributed by atoms with Crippen molar-refractivity contribution in [1.29, 1.82) is 0 Å². The summed E-state index contributed by atoms with van der Waals surface area (Å²) in [7, 11) is 1.89. The molecule has 3 rings (SSSR count). The largest absolute Gasteiger partial charge is 0.344 e. The molecular weight excluding hydrogens is 236 g/mol. The van der Waals surface area contributed by atoms with Crippen molar-refractivity contribution in [2.24, 2.45) is 5.41 Å². The van der Waals surface area contributed by atoms with E-state index in [4.69, 9.17) is 0 Å². The van der Waals surface area contributed by atoms with Crippen LogP contribution >= 0.6 is 0 Å². The lowest BCUT2D eigenvalue weighted by atomic mass is 9.85. The number of hydrogen-bond acceptors (Lipinski definition) is 2. The lowest BCUT2D eigenvalue weighted by Crippen LogP contribution is -2.42. The Morgan fingerprint density at radius 1 is 1.32 bits per heavy atom. The van der Waals surface area contributed by atoms with Gasteiger partial charge in [0, 0.05) is 19.6 Å². The first-order valence-corrected chi connectivity index (χ1v) is 7.08. The summed E-state index contributed by atoms with van der Waals surface area (Å²) in [5, 5.41) is 3.61. The van der Waals surface area contributed by atoms with Crippen LogP contribution < -0.4 is 5.32 Å². The zero-order valence-corrected chi connectivity index (χ0v) is 11.9. The minimum absolute atomic E-state index is 0.0135. The molecule has 0 saturated carbocycles. The van der Waals surface area contributed by atoms with Crippen LogP contribution in [0.4, 0.5) is 0 Å². The maximum absolute atomic E-state index is 12.1. The molecule has 102 valence electrons. The Morgan fingerprint density at radius 3 is 2.74 bits per heavy atom. The van der Waals surface area contributed by atoms with E-state index in [-0.39, 0.29) is 23.4 Å². The van der Waals surface area contributed by atoms with Gasteiger partial charge in [-0.15, -0.1) is 0 Å². The fourth-order valence-corrected chi connectivity index (χ4v) is 3.48. The molecule has 3 nitrogen and oxygen atoms in total. The highest BCUT2D eigenvalue weighted by atomic mass is 16.2. The molecular formula is C16H22N2O. The molecule has 2 aliphatic rings. The molecule has 1 aromatic carbocycles. The van der Waals surface area contributed by atoms with Crippen molar-refractivity contribution in [3.05, 3.63) is 35.4 Å². The van der Waals surface area contributed by atoms with Crippen LogP contribution in [0.2, 0.25) is 0 Å². The van der Waals surface area contributed by atoms with Gasteiger partial charge in [-0.3, -0.25) is 10.1 Å². The summed E-state index contributed by atoms with van der Waals surface area (Å²) in [6, 6.07) is 8.87. The van der Waals surface area contributed by atoms with E-state index in [1.54, 1.807) is 0 Å². The molecule has 19 heavy (non-hydrogen) atoms. The second-order valence-electron chi connectivity index (χ2n) is 6.56. The standard InChI is InChI=1S/C16H22N2O/c1-16(2)10-11-6-4-5-7-12(11)14(16)17-13-8-9-18(3)15(13)19/h4-7,13-14,17H,8-10H2,1-3H3. The summed E-state index contributed by atoms with van der Waals surface area (Å²) in [5.74, 6) is 0.236. The quantitative estimate of drug-likeness (QED) is 0.881. The second-order valence-corrected chi connectivity index (χ2v) is 6.56. The van der Waals surface area contributed by atoms with Crippen molar-refractivity contribution in [3.63, 3.8) is 0 Å². The number of carbonyl (C=O) groups is 1. The van der Waals surface area contributed by atoms with Crippen molar-refractivity contribution in [1.82, 2.24) is 10.2 Å². The Bertz CT molecular complexity index is 509. The summed E-state index contributed by atoms with van der Waals surface area (Å²) >= 11 is 0. The Balaban J connectivity index is 1.86. The van der Waals surface area contributed by atoms with Gasteiger partial charge in [0.25, 0.3) is 0 Å². The number of carbonyl (C=O) groups excluding carboxylic acids is 1. The maximum Gasteiger partial charge on any atom is 0.239 e. The molecule has 2 unspecified atom stereocenters. The van der Waals surface area contributed by atoms with Gasteiger partial charge in [0.15, 0.2) is 0 Å². The van der Waals surface area contributed by atoms with Gasteiger partial charge in [-0.2, -0.15) is 0 Å². The van der Waals surface area contributed by atoms with Crippen molar-refractivity contribution in [2.75, 3.05) is 13.6 Å². The number of nitrogens with zero attached hydrogens (tertiary/aromatic N) is 1. The molecule has 1 aromatic rings. The first-order valence-electron chi connectivity index (χ1n) is 7.08. The Hall–Kier alpha value is -1.35. The van der Waals surface area contributed by atoms with Crippen molar-refractivity contribution in [3.8, 4) is 0 Å². The fraction of sp³-hybridized carbons (Fsp3) is 0.562. The van der Waals surface area contributed by atoms with Gasteiger partial charge in [0.1, 0.15) is 0 Å². The normalized spacial score (nSPS) is 28.8. The van der Waals surface area contributed by atoms with Gasteiger partial charge in [0.05, 0.1) is 6.04 Å². The Morgan fingerprint density at radius 2 is 2.05 bits per heavy atom. The number of fused-ring (bicyclic) bond motifs is 1. The number of likely N-dealkylation sites (tertiary alicyclic amines) is 1. The van der Waals surface area contributed by atoms with Crippen LogP contribution in [0.3, 0.4) is 0 Å². The fourth-order valence-electron chi connectivity index (χ4n) is 3.48.